The highest BCUT2D eigenvalue weighted by molar-refractivity contribution is 5.88. The lowest BCUT2D eigenvalue weighted by molar-refractivity contribution is 0.282. The molecule has 0 aliphatic rings. The highest BCUT2D eigenvalue weighted by Crippen LogP contribution is 2.25. The summed E-state index contributed by atoms with van der Waals surface area (Å²) in [5.74, 6) is 0.850. The van der Waals surface area contributed by atoms with Gasteiger partial charge in [0.2, 0.25) is 0 Å². The molecular weight excluding hydrogens is 232 g/mol. The van der Waals surface area contributed by atoms with E-state index in [4.69, 9.17) is 14.6 Å². The van der Waals surface area contributed by atoms with E-state index in [1.807, 2.05) is 12.1 Å². The smallest absolute Gasteiger partial charge is 0.139 e. The zero-order valence-corrected chi connectivity index (χ0v) is 10.2. The molecule has 0 radical (unpaired) electrons. The average molecular weight is 250 g/mol. The Morgan fingerprint density at radius 1 is 1.11 bits per heavy atom. The second kappa shape index (κ2) is 6.37. The molecule has 0 aromatic carbocycles. The van der Waals surface area contributed by atoms with Crippen molar-refractivity contribution >= 4 is 16.8 Å². The molecule has 18 heavy (non-hydrogen) atoms. The van der Waals surface area contributed by atoms with Gasteiger partial charge in [-0.3, -0.25) is 0 Å². The summed E-state index contributed by atoms with van der Waals surface area (Å²) in [6.07, 6.45) is 4.72. The Bertz CT molecular complexity index is 476. The summed E-state index contributed by atoms with van der Waals surface area (Å²) >= 11 is 0. The fourth-order valence-electron chi connectivity index (χ4n) is 1.98. The first kappa shape index (κ1) is 12.9. The van der Waals surface area contributed by atoms with Crippen molar-refractivity contribution in [1.82, 2.24) is 4.98 Å². The van der Waals surface area contributed by atoms with Crippen LogP contribution in [0.15, 0.2) is 29.0 Å². The fourth-order valence-corrected chi connectivity index (χ4v) is 1.98. The van der Waals surface area contributed by atoms with Crippen LogP contribution in [0.3, 0.4) is 0 Å². The van der Waals surface area contributed by atoms with Gasteiger partial charge in [0.25, 0.3) is 0 Å². The molecule has 2 heterocycles. The molecule has 0 amide bonds. The second-order valence-electron chi connectivity index (χ2n) is 4.11. The third-order valence-electron chi connectivity index (χ3n) is 2.83. The van der Waals surface area contributed by atoms with Gasteiger partial charge < -0.3 is 19.5 Å². The number of anilines is 1. The van der Waals surface area contributed by atoms with Crippen LogP contribution in [-0.4, -0.2) is 41.5 Å². The molecule has 98 valence electrons. The van der Waals surface area contributed by atoms with Crippen LogP contribution in [-0.2, 0) is 0 Å². The van der Waals surface area contributed by atoms with E-state index in [2.05, 4.69) is 9.88 Å². The minimum atomic E-state index is 0.150. The Balaban J connectivity index is 2.24. The lowest BCUT2D eigenvalue weighted by Gasteiger charge is -2.23. The van der Waals surface area contributed by atoms with Crippen LogP contribution in [0.4, 0.5) is 5.82 Å². The maximum atomic E-state index is 8.95. The van der Waals surface area contributed by atoms with Crippen molar-refractivity contribution in [1.29, 1.82) is 0 Å². The third-order valence-corrected chi connectivity index (χ3v) is 2.83. The summed E-state index contributed by atoms with van der Waals surface area (Å²) in [5, 5.41) is 18.9. The Labute approximate surface area is 106 Å². The summed E-state index contributed by atoms with van der Waals surface area (Å²) in [6.45, 7) is 1.73. The molecule has 2 aromatic heterocycles. The lowest BCUT2D eigenvalue weighted by atomic mass is 10.2. The number of pyridine rings is 1. The van der Waals surface area contributed by atoms with Crippen LogP contribution in [0.1, 0.15) is 12.8 Å². The van der Waals surface area contributed by atoms with Crippen LogP contribution in [0.5, 0.6) is 0 Å². The van der Waals surface area contributed by atoms with Crippen molar-refractivity contribution in [3.05, 3.63) is 24.6 Å². The first-order chi connectivity index (χ1) is 8.86. The molecule has 0 saturated carbocycles. The van der Waals surface area contributed by atoms with Crippen LogP contribution < -0.4 is 4.90 Å². The highest BCUT2D eigenvalue weighted by atomic mass is 16.3. The molecule has 0 unspecified atom stereocenters. The molecule has 0 aliphatic heterocycles. The monoisotopic (exact) mass is 250 g/mol. The largest absolute Gasteiger partial charge is 0.464 e. The summed E-state index contributed by atoms with van der Waals surface area (Å²) in [6, 6.07) is 3.72. The molecule has 0 saturated heterocycles. The van der Waals surface area contributed by atoms with Crippen molar-refractivity contribution in [2.45, 2.75) is 12.8 Å². The van der Waals surface area contributed by atoms with Gasteiger partial charge >= 0.3 is 0 Å². The van der Waals surface area contributed by atoms with E-state index in [1.54, 1.807) is 12.5 Å². The van der Waals surface area contributed by atoms with Crippen LogP contribution >= 0.6 is 0 Å². The number of aromatic nitrogens is 1. The number of hydrogen-bond donors (Lipinski definition) is 2. The number of aliphatic hydroxyl groups is 2. The second-order valence-corrected chi connectivity index (χ2v) is 4.11. The quantitative estimate of drug-likeness (QED) is 0.777. The van der Waals surface area contributed by atoms with Gasteiger partial charge in [-0.05, 0) is 25.0 Å². The molecule has 0 spiro atoms. The minimum absolute atomic E-state index is 0.150. The number of furan rings is 1. The predicted octanol–water partition coefficient (Wildman–Crippen LogP) is 1.40. The van der Waals surface area contributed by atoms with E-state index in [9.17, 15) is 0 Å². The fraction of sp³-hybridized carbons (Fsp3) is 0.462. The topological polar surface area (TPSA) is 69.7 Å². The SMILES string of the molecule is OCCCN(CCCO)c1nccc2occc12. The molecular formula is C13H18N2O3. The van der Waals surface area contributed by atoms with Gasteiger partial charge in [-0.15, -0.1) is 0 Å². The van der Waals surface area contributed by atoms with Crippen LogP contribution in [0.25, 0.3) is 11.0 Å². The van der Waals surface area contributed by atoms with E-state index in [1.165, 1.54) is 0 Å². The molecule has 5 nitrogen and oxygen atoms in total. The Hall–Kier alpha value is -1.59. The van der Waals surface area contributed by atoms with E-state index >= 15 is 0 Å². The molecule has 2 N–H and O–H groups in total. The highest BCUT2D eigenvalue weighted by Gasteiger charge is 2.12. The van der Waals surface area contributed by atoms with Crippen LogP contribution in [0, 0.1) is 0 Å². The zero-order valence-electron chi connectivity index (χ0n) is 10.2. The number of nitrogens with zero attached hydrogens (tertiary/aromatic N) is 2. The molecule has 0 aliphatic carbocycles. The molecule has 2 aromatic rings. The van der Waals surface area contributed by atoms with Gasteiger partial charge in [0.15, 0.2) is 0 Å². The van der Waals surface area contributed by atoms with Gasteiger partial charge in [-0.25, -0.2) is 4.98 Å². The number of fused-ring (bicyclic) bond motifs is 1. The normalized spacial score (nSPS) is 11.0. The summed E-state index contributed by atoms with van der Waals surface area (Å²) < 4.78 is 5.35. The third kappa shape index (κ3) is 2.80. The summed E-state index contributed by atoms with van der Waals surface area (Å²) in [4.78, 5) is 6.46. The van der Waals surface area contributed by atoms with Crippen molar-refractivity contribution in [3.8, 4) is 0 Å². The van der Waals surface area contributed by atoms with E-state index < -0.39 is 0 Å². The van der Waals surface area contributed by atoms with Gasteiger partial charge in [0, 0.05) is 32.5 Å². The summed E-state index contributed by atoms with van der Waals surface area (Å²) in [7, 11) is 0. The Kier molecular flexibility index (Phi) is 4.55. The number of rotatable bonds is 7. The van der Waals surface area contributed by atoms with E-state index in [-0.39, 0.29) is 13.2 Å². The molecule has 5 heteroatoms. The number of aliphatic hydroxyl groups excluding tert-OH is 2. The molecule has 0 atom stereocenters. The molecule has 0 bridgehead atoms. The molecule has 2 rings (SSSR count). The van der Waals surface area contributed by atoms with Gasteiger partial charge in [0.05, 0.1) is 11.6 Å². The van der Waals surface area contributed by atoms with Gasteiger partial charge in [-0.2, -0.15) is 0 Å². The van der Waals surface area contributed by atoms with Crippen molar-refractivity contribution in [2.24, 2.45) is 0 Å². The summed E-state index contributed by atoms with van der Waals surface area (Å²) in [5.41, 5.74) is 0.804. The van der Waals surface area contributed by atoms with Crippen molar-refractivity contribution in [2.75, 3.05) is 31.2 Å². The zero-order chi connectivity index (χ0) is 12.8. The van der Waals surface area contributed by atoms with E-state index in [0.717, 1.165) is 16.8 Å². The van der Waals surface area contributed by atoms with Crippen LogP contribution in [0.2, 0.25) is 0 Å². The minimum Gasteiger partial charge on any atom is -0.464 e. The average Bonchev–Trinajstić information content (AvgIpc) is 2.87. The lowest BCUT2D eigenvalue weighted by Crippen LogP contribution is -2.27. The predicted molar refractivity (Wildman–Crippen MR) is 69.6 cm³/mol. The number of hydrogen-bond acceptors (Lipinski definition) is 5. The maximum Gasteiger partial charge on any atom is 0.139 e. The van der Waals surface area contributed by atoms with Gasteiger partial charge in [0.1, 0.15) is 11.4 Å². The first-order valence-electron chi connectivity index (χ1n) is 6.15. The maximum absolute atomic E-state index is 8.95. The Morgan fingerprint density at radius 3 is 2.50 bits per heavy atom. The van der Waals surface area contributed by atoms with Gasteiger partial charge in [-0.1, -0.05) is 0 Å². The van der Waals surface area contributed by atoms with Crippen molar-refractivity contribution in [3.63, 3.8) is 0 Å². The Morgan fingerprint density at radius 2 is 1.83 bits per heavy atom. The van der Waals surface area contributed by atoms with Crippen molar-refractivity contribution < 1.29 is 14.6 Å². The standard InChI is InChI=1S/C13H18N2O3/c16-8-1-6-15(7-2-9-17)13-11-4-10-18-12(11)3-5-14-13/h3-5,10,16-17H,1-2,6-9H2. The molecule has 0 fully saturated rings. The van der Waals surface area contributed by atoms with E-state index in [0.29, 0.717) is 25.9 Å². The first-order valence-corrected chi connectivity index (χ1v) is 6.15.